The van der Waals surface area contributed by atoms with Crippen LogP contribution in [-0.2, 0) is 27.7 Å². The van der Waals surface area contributed by atoms with Crippen LogP contribution in [0, 0.1) is 5.82 Å². The number of carbonyl (C=O) groups excluding carboxylic acids is 2. The summed E-state index contributed by atoms with van der Waals surface area (Å²) >= 11 is 0. The van der Waals surface area contributed by atoms with Gasteiger partial charge in [-0.25, -0.2) is 12.8 Å². The van der Waals surface area contributed by atoms with Crippen LogP contribution in [0.15, 0.2) is 41.3 Å². The summed E-state index contributed by atoms with van der Waals surface area (Å²) in [5.74, 6) is -0.532. The molecule has 0 saturated carbocycles. The highest BCUT2D eigenvalue weighted by Gasteiger charge is 2.34. The maximum absolute atomic E-state index is 13.4. The van der Waals surface area contributed by atoms with E-state index in [1.165, 1.54) is 28.6 Å². The molecular weight excluding hydrogens is 433 g/mol. The lowest BCUT2D eigenvalue weighted by Crippen LogP contribution is -2.50. The van der Waals surface area contributed by atoms with Gasteiger partial charge in [0.2, 0.25) is 15.9 Å². The van der Waals surface area contributed by atoms with Crippen LogP contribution in [-0.4, -0.2) is 62.2 Å². The van der Waals surface area contributed by atoms with Gasteiger partial charge in [0.25, 0.3) is 5.91 Å². The SMILES string of the molecule is O=C(c1ccc(F)cc1)N1CCN(S(=O)(=O)c2cc3c4c(c2)CCC(=O)N4CCC3)CC1. The van der Waals surface area contributed by atoms with Crippen LogP contribution in [0.1, 0.15) is 34.3 Å². The van der Waals surface area contributed by atoms with Gasteiger partial charge in [0.15, 0.2) is 0 Å². The maximum Gasteiger partial charge on any atom is 0.253 e. The number of halogens is 1. The highest BCUT2D eigenvalue weighted by Crippen LogP contribution is 2.38. The number of rotatable bonds is 3. The molecule has 0 unspecified atom stereocenters. The van der Waals surface area contributed by atoms with Crippen LogP contribution in [0.5, 0.6) is 0 Å². The molecule has 32 heavy (non-hydrogen) atoms. The molecule has 0 spiro atoms. The number of amides is 2. The van der Waals surface area contributed by atoms with Crippen molar-refractivity contribution in [3.8, 4) is 0 Å². The van der Waals surface area contributed by atoms with E-state index in [1.54, 1.807) is 21.9 Å². The van der Waals surface area contributed by atoms with Gasteiger partial charge in [-0.05, 0) is 66.8 Å². The fraction of sp³-hybridized carbons (Fsp3) is 0.391. The Morgan fingerprint density at radius 3 is 2.22 bits per heavy atom. The van der Waals surface area contributed by atoms with Gasteiger partial charge < -0.3 is 9.80 Å². The molecule has 0 bridgehead atoms. The van der Waals surface area contributed by atoms with Gasteiger partial charge in [0.05, 0.1) is 10.6 Å². The Bertz CT molecular complexity index is 1170. The van der Waals surface area contributed by atoms with Crippen molar-refractivity contribution in [2.45, 2.75) is 30.6 Å². The summed E-state index contributed by atoms with van der Waals surface area (Å²) in [6.45, 7) is 1.64. The van der Waals surface area contributed by atoms with Crippen molar-refractivity contribution in [3.05, 3.63) is 58.9 Å². The molecule has 168 valence electrons. The van der Waals surface area contributed by atoms with Crippen LogP contribution in [0.3, 0.4) is 0 Å². The van der Waals surface area contributed by atoms with Gasteiger partial charge in [0.1, 0.15) is 5.82 Å². The molecule has 9 heteroatoms. The molecule has 2 aromatic carbocycles. The lowest BCUT2D eigenvalue weighted by atomic mass is 9.92. The van der Waals surface area contributed by atoms with Crippen LogP contribution in [0.25, 0.3) is 0 Å². The van der Waals surface area contributed by atoms with Crippen LogP contribution in [0.4, 0.5) is 10.1 Å². The summed E-state index contributed by atoms with van der Waals surface area (Å²) in [6.07, 6.45) is 2.54. The van der Waals surface area contributed by atoms with Gasteiger partial charge >= 0.3 is 0 Å². The van der Waals surface area contributed by atoms with E-state index in [-0.39, 0.29) is 42.9 Å². The average Bonchev–Trinajstić information content (AvgIpc) is 2.81. The molecule has 1 saturated heterocycles. The number of piperazine rings is 1. The normalized spacial score (nSPS) is 19.1. The lowest BCUT2D eigenvalue weighted by Gasteiger charge is -2.37. The average molecular weight is 458 g/mol. The van der Waals surface area contributed by atoms with Gasteiger partial charge in [-0.1, -0.05) is 0 Å². The molecule has 1 fully saturated rings. The molecule has 0 aliphatic carbocycles. The molecule has 7 nitrogen and oxygen atoms in total. The second-order valence-electron chi connectivity index (χ2n) is 8.44. The molecule has 3 aliphatic rings. The van der Waals surface area contributed by atoms with Crippen molar-refractivity contribution < 1.29 is 22.4 Å². The Morgan fingerprint density at radius 1 is 0.875 bits per heavy atom. The van der Waals surface area contributed by atoms with Gasteiger partial charge in [-0.3, -0.25) is 9.59 Å². The molecule has 3 heterocycles. The zero-order valence-electron chi connectivity index (χ0n) is 17.6. The van der Waals surface area contributed by atoms with Gasteiger partial charge in [0, 0.05) is 44.7 Å². The minimum atomic E-state index is -3.71. The first-order valence-corrected chi connectivity index (χ1v) is 12.3. The Labute approximate surface area is 186 Å². The summed E-state index contributed by atoms with van der Waals surface area (Å²) < 4.78 is 41.3. The van der Waals surface area contributed by atoms with Crippen molar-refractivity contribution in [1.82, 2.24) is 9.21 Å². The third-order valence-electron chi connectivity index (χ3n) is 6.50. The molecule has 5 rings (SSSR count). The number of hydrogen-bond donors (Lipinski definition) is 0. The highest BCUT2D eigenvalue weighted by molar-refractivity contribution is 7.89. The molecule has 2 aromatic rings. The molecule has 2 amide bonds. The quantitative estimate of drug-likeness (QED) is 0.708. The summed E-state index contributed by atoms with van der Waals surface area (Å²) in [7, 11) is -3.71. The van der Waals surface area contributed by atoms with E-state index in [1.807, 2.05) is 0 Å². The predicted molar refractivity (Wildman–Crippen MR) is 116 cm³/mol. The van der Waals surface area contributed by atoms with E-state index in [4.69, 9.17) is 0 Å². The Hall–Kier alpha value is -2.78. The van der Waals surface area contributed by atoms with E-state index in [2.05, 4.69) is 0 Å². The highest BCUT2D eigenvalue weighted by atomic mass is 32.2. The van der Waals surface area contributed by atoms with E-state index in [0.717, 1.165) is 29.7 Å². The van der Waals surface area contributed by atoms with E-state index in [0.29, 0.717) is 24.9 Å². The van der Waals surface area contributed by atoms with Crippen molar-refractivity contribution in [2.75, 3.05) is 37.6 Å². The predicted octanol–water partition coefficient (Wildman–Crippen LogP) is 2.20. The number of sulfonamides is 1. The van der Waals surface area contributed by atoms with Crippen molar-refractivity contribution in [3.63, 3.8) is 0 Å². The molecule has 3 aliphatic heterocycles. The fourth-order valence-corrected chi connectivity index (χ4v) is 6.35. The minimum Gasteiger partial charge on any atom is -0.336 e. The molecule has 0 N–H and O–H groups in total. The first kappa shape index (κ1) is 21.1. The number of nitrogens with zero attached hydrogens (tertiary/aromatic N) is 3. The molecule has 0 atom stereocenters. The second kappa shape index (κ2) is 7.97. The first-order chi connectivity index (χ1) is 15.3. The van der Waals surface area contributed by atoms with Crippen LogP contribution >= 0.6 is 0 Å². The van der Waals surface area contributed by atoms with Gasteiger partial charge in [-0.2, -0.15) is 4.31 Å². The fourth-order valence-electron chi connectivity index (χ4n) is 4.83. The van der Waals surface area contributed by atoms with E-state index in [9.17, 15) is 22.4 Å². The second-order valence-corrected chi connectivity index (χ2v) is 10.4. The standard InChI is InChI=1S/C23H24FN3O4S/c24-19-6-3-16(4-7-19)23(29)25-10-12-26(13-11-25)32(30,31)20-14-17-2-1-9-27-21(28)8-5-18(15-20)22(17)27/h3-4,6-7,14-15H,1-2,5,8-13H2. The number of hydrogen-bond acceptors (Lipinski definition) is 4. The molecule has 0 radical (unpaired) electrons. The number of anilines is 1. The zero-order chi connectivity index (χ0) is 22.5. The number of benzene rings is 2. The number of carbonyl (C=O) groups is 2. The summed E-state index contributed by atoms with van der Waals surface area (Å²) in [4.78, 5) is 28.6. The number of aryl methyl sites for hydroxylation is 2. The largest absolute Gasteiger partial charge is 0.336 e. The topological polar surface area (TPSA) is 78.0 Å². The maximum atomic E-state index is 13.4. The van der Waals surface area contributed by atoms with E-state index < -0.39 is 15.8 Å². The van der Waals surface area contributed by atoms with Crippen LogP contribution in [0.2, 0.25) is 0 Å². The van der Waals surface area contributed by atoms with Crippen LogP contribution < -0.4 is 4.90 Å². The van der Waals surface area contributed by atoms with Crippen molar-refractivity contribution >= 4 is 27.5 Å². The third kappa shape index (κ3) is 3.59. The first-order valence-electron chi connectivity index (χ1n) is 10.9. The zero-order valence-corrected chi connectivity index (χ0v) is 18.4. The monoisotopic (exact) mass is 457 g/mol. The summed E-state index contributed by atoms with van der Waals surface area (Å²) in [6, 6.07) is 8.79. The van der Waals surface area contributed by atoms with Crippen molar-refractivity contribution in [2.24, 2.45) is 0 Å². The molecule has 0 aromatic heterocycles. The van der Waals surface area contributed by atoms with E-state index >= 15 is 0 Å². The Kier molecular flexibility index (Phi) is 5.25. The Balaban J connectivity index is 1.35. The summed E-state index contributed by atoms with van der Waals surface area (Å²) in [5, 5.41) is 0. The smallest absolute Gasteiger partial charge is 0.253 e. The lowest BCUT2D eigenvalue weighted by molar-refractivity contribution is -0.119. The van der Waals surface area contributed by atoms with Gasteiger partial charge in [-0.15, -0.1) is 0 Å². The third-order valence-corrected chi connectivity index (χ3v) is 8.38. The summed E-state index contributed by atoms with van der Waals surface area (Å²) in [5.41, 5.74) is 3.13. The Morgan fingerprint density at radius 2 is 1.53 bits per heavy atom. The minimum absolute atomic E-state index is 0.107. The van der Waals surface area contributed by atoms with Crippen molar-refractivity contribution in [1.29, 1.82) is 0 Å². The molecular formula is C23H24FN3O4S.